The molecule has 0 atom stereocenters. The summed E-state index contributed by atoms with van der Waals surface area (Å²) in [4.78, 5) is 10.1. The molecule has 1 aromatic heterocycles. The molecule has 1 heterocycles. The first-order chi connectivity index (χ1) is 26.7. The second-order valence-corrected chi connectivity index (χ2v) is 14.9. The molecular formula is C52H40N2. The number of hydrogen-bond acceptors (Lipinski definition) is 2. The molecule has 0 radical (unpaired) electrons. The molecule has 0 N–H and O–H groups in total. The molecule has 0 amide bonds. The zero-order valence-electron chi connectivity index (χ0n) is 30.3. The second kappa shape index (κ2) is 13.5. The van der Waals surface area contributed by atoms with E-state index in [1.807, 2.05) is 24.3 Å². The van der Waals surface area contributed by atoms with Gasteiger partial charge < -0.3 is 0 Å². The molecule has 2 aliphatic carbocycles. The Morgan fingerprint density at radius 2 is 0.741 bits per heavy atom. The van der Waals surface area contributed by atoms with Gasteiger partial charge in [0, 0.05) is 22.1 Å². The van der Waals surface area contributed by atoms with Crippen molar-refractivity contribution in [3.05, 3.63) is 193 Å². The van der Waals surface area contributed by atoms with E-state index in [0.717, 1.165) is 33.9 Å². The average Bonchev–Trinajstić information content (AvgIpc) is 3.52. The summed E-state index contributed by atoms with van der Waals surface area (Å²) in [6.07, 6.45) is 6.51. The first-order valence-electron chi connectivity index (χ1n) is 19.3. The summed E-state index contributed by atoms with van der Waals surface area (Å²) in [6.45, 7) is 0. The number of nitrogens with zero attached hydrogens (tertiary/aromatic N) is 2. The standard InChI is InChI=1S/C52H40N2/c1-4-12-36(13-5-1)37-22-26-41(27-23-37)49-35-50(54-51(53-49)43-14-6-2-7-15-43)42-28-24-39(25-29-42)38-18-20-40(21-19-38)44-30-31-48-46(34-44)45-16-8-9-17-47(45)52(48)32-10-3-11-33-52/h1-2,4-9,12-31,34-35H,3,10-11,32-33H2. The van der Waals surface area contributed by atoms with Gasteiger partial charge in [-0.3, -0.25) is 0 Å². The van der Waals surface area contributed by atoms with E-state index in [4.69, 9.17) is 9.97 Å². The van der Waals surface area contributed by atoms with Crippen LogP contribution < -0.4 is 0 Å². The molecule has 0 unspecified atom stereocenters. The molecule has 0 bridgehead atoms. The van der Waals surface area contributed by atoms with Gasteiger partial charge in [0.15, 0.2) is 5.82 Å². The molecule has 0 aliphatic heterocycles. The molecule has 2 aliphatic rings. The summed E-state index contributed by atoms with van der Waals surface area (Å²) in [5.74, 6) is 0.721. The van der Waals surface area contributed by atoms with Gasteiger partial charge in [0.05, 0.1) is 11.4 Å². The fraction of sp³-hybridized carbons (Fsp3) is 0.115. The molecule has 7 aromatic carbocycles. The number of aromatic nitrogens is 2. The van der Waals surface area contributed by atoms with Crippen molar-refractivity contribution >= 4 is 0 Å². The first kappa shape index (κ1) is 32.3. The lowest BCUT2D eigenvalue weighted by Gasteiger charge is -2.36. The van der Waals surface area contributed by atoms with Gasteiger partial charge >= 0.3 is 0 Å². The lowest BCUT2D eigenvalue weighted by molar-refractivity contribution is 0.353. The molecule has 1 spiro atoms. The zero-order chi connectivity index (χ0) is 35.9. The van der Waals surface area contributed by atoms with Crippen LogP contribution in [0, 0.1) is 0 Å². The van der Waals surface area contributed by atoms with Crippen LogP contribution in [0.25, 0.3) is 78.4 Å². The van der Waals surface area contributed by atoms with E-state index >= 15 is 0 Å². The summed E-state index contributed by atoms with van der Waals surface area (Å²) >= 11 is 0. The molecule has 1 fully saturated rings. The van der Waals surface area contributed by atoms with Gasteiger partial charge in [-0.2, -0.15) is 0 Å². The molecular weight excluding hydrogens is 653 g/mol. The number of fused-ring (bicyclic) bond motifs is 5. The maximum absolute atomic E-state index is 5.07. The van der Waals surface area contributed by atoms with Crippen molar-refractivity contribution < 1.29 is 0 Å². The Kier molecular flexibility index (Phi) is 8.10. The number of hydrogen-bond donors (Lipinski definition) is 0. The van der Waals surface area contributed by atoms with Crippen molar-refractivity contribution in [1.29, 1.82) is 0 Å². The van der Waals surface area contributed by atoms with Crippen molar-refractivity contribution in [3.8, 4) is 78.4 Å². The maximum atomic E-state index is 5.07. The van der Waals surface area contributed by atoms with Gasteiger partial charge in [-0.05, 0) is 80.6 Å². The predicted octanol–water partition coefficient (Wildman–Crippen LogP) is 13.7. The number of rotatable bonds is 6. The van der Waals surface area contributed by atoms with Gasteiger partial charge in [-0.15, -0.1) is 0 Å². The third kappa shape index (κ3) is 5.76. The average molecular weight is 693 g/mol. The molecule has 54 heavy (non-hydrogen) atoms. The highest BCUT2D eigenvalue weighted by atomic mass is 14.9. The Morgan fingerprint density at radius 1 is 0.315 bits per heavy atom. The second-order valence-electron chi connectivity index (χ2n) is 14.9. The smallest absolute Gasteiger partial charge is 0.160 e. The first-order valence-corrected chi connectivity index (χ1v) is 19.3. The lowest BCUT2D eigenvalue weighted by atomic mass is 9.68. The Morgan fingerprint density at radius 3 is 1.31 bits per heavy atom. The highest BCUT2D eigenvalue weighted by Gasteiger charge is 2.43. The summed E-state index contributed by atoms with van der Waals surface area (Å²) in [5, 5.41) is 0. The highest BCUT2D eigenvalue weighted by molar-refractivity contribution is 5.85. The van der Waals surface area contributed by atoms with E-state index in [-0.39, 0.29) is 5.41 Å². The molecule has 0 saturated heterocycles. The van der Waals surface area contributed by atoms with Crippen molar-refractivity contribution in [3.63, 3.8) is 0 Å². The van der Waals surface area contributed by atoms with Crippen LogP contribution in [0.15, 0.2) is 182 Å². The minimum atomic E-state index is 0.198. The number of benzene rings is 7. The van der Waals surface area contributed by atoms with Gasteiger partial charge in [0.2, 0.25) is 0 Å². The monoisotopic (exact) mass is 692 g/mol. The summed E-state index contributed by atoms with van der Waals surface area (Å²) in [7, 11) is 0. The minimum absolute atomic E-state index is 0.198. The van der Waals surface area contributed by atoms with E-state index in [2.05, 4.69) is 158 Å². The largest absolute Gasteiger partial charge is 0.228 e. The normalized spacial score (nSPS) is 14.1. The minimum Gasteiger partial charge on any atom is -0.228 e. The molecule has 258 valence electrons. The molecule has 2 nitrogen and oxygen atoms in total. The SMILES string of the molecule is c1ccc(-c2ccc(-c3cc(-c4ccc(-c5ccc(-c6ccc7c(c6)-c6ccccc6C76CCCCC6)cc5)cc4)nc(-c4ccccc4)n3)cc2)cc1. The van der Waals surface area contributed by atoms with E-state index < -0.39 is 0 Å². The fourth-order valence-electron chi connectivity index (χ4n) is 8.95. The van der Waals surface area contributed by atoms with Crippen LogP contribution in [-0.2, 0) is 5.41 Å². The fourth-order valence-corrected chi connectivity index (χ4v) is 8.95. The van der Waals surface area contributed by atoms with Crippen molar-refractivity contribution in [2.75, 3.05) is 0 Å². The summed E-state index contributed by atoms with van der Waals surface area (Å²) in [5.41, 5.74) is 18.4. The topological polar surface area (TPSA) is 25.8 Å². The summed E-state index contributed by atoms with van der Waals surface area (Å²) in [6, 6.07) is 65.7. The Hall–Kier alpha value is -6.38. The quantitative estimate of drug-likeness (QED) is 0.173. The lowest BCUT2D eigenvalue weighted by Crippen LogP contribution is -2.27. The third-order valence-corrected chi connectivity index (χ3v) is 11.8. The highest BCUT2D eigenvalue weighted by Crippen LogP contribution is 2.56. The Balaban J connectivity index is 0.939. The van der Waals surface area contributed by atoms with E-state index in [1.165, 1.54) is 82.2 Å². The van der Waals surface area contributed by atoms with Crippen LogP contribution >= 0.6 is 0 Å². The third-order valence-electron chi connectivity index (χ3n) is 11.8. The molecule has 1 saturated carbocycles. The van der Waals surface area contributed by atoms with Crippen molar-refractivity contribution in [2.24, 2.45) is 0 Å². The van der Waals surface area contributed by atoms with E-state index in [9.17, 15) is 0 Å². The summed E-state index contributed by atoms with van der Waals surface area (Å²) < 4.78 is 0. The predicted molar refractivity (Wildman–Crippen MR) is 224 cm³/mol. The van der Waals surface area contributed by atoms with Gasteiger partial charge in [0.25, 0.3) is 0 Å². The van der Waals surface area contributed by atoms with Crippen LogP contribution in [0.5, 0.6) is 0 Å². The van der Waals surface area contributed by atoms with Crippen molar-refractivity contribution in [1.82, 2.24) is 9.97 Å². The molecule has 8 aromatic rings. The van der Waals surface area contributed by atoms with Gasteiger partial charge in [-0.25, -0.2) is 9.97 Å². The molecule has 10 rings (SSSR count). The van der Waals surface area contributed by atoms with Gasteiger partial charge in [0.1, 0.15) is 0 Å². The molecule has 2 heteroatoms. The van der Waals surface area contributed by atoms with Gasteiger partial charge in [-0.1, -0.05) is 189 Å². The van der Waals surface area contributed by atoms with E-state index in [0.29, 0.717) is 0 Å². The Labute approximate surface area is 317 Å². The van der Waals surface area contributed by atoms with Crippen LogP contribution in [0.1, 0.15) is 43.2 Å². The van der Waals surface area contributed by atoms with Crippen LogP contribution in [-0.4, -0.2) is 9.97 Å². The maximum Gasteiger partial charge on any atom is 0.160 e. The van der Waals surface area contributed by atoms with Crippen LogP contribution in [0.4, 0.5) is 0 Å². The van der Waals surface area contributed by atoms with E-state index in [1.54, 1.807) is 5.56 Å². The van der Waals surface area contributed by atoms with Crippen LogP contribution in [0.3, 0.4) is 0 Å². The van der Waals surface area contributed by atoms with Crippen LogP contribution in [0.2, 0.25) is 0 Å². The Bertz CT molecular complexity index is 2580. The zero-order valence-corrected chi connectivity index (χ0v) is 30.3. The van der Waals surface area contributed by atoms with Crippen molar-refractivity contribution in [2.45, 2.75) is 37.5 Å².